The number of rotatable bonds is 4. The van der Waals surface area contributed by atoms with E-state index in [1.165, 1.54) is 11.3 Å². The van der Waals surface area contributed by atoms with Gasteiger partial charge in [-0.25, -0.2) is 4.79 Å². The third-order valence-corrected chi connectivity index (χ3v) is 3.80. The molecule has 3 rings (SSSR count). The smallest absolute Gasteiger partial charge is 0.320 e. The second-order valence-electron chi connectivity index (χ2n) is 4.57. The van der Waals surface area contributed by atoms with Crippen molar-refractivity contribution in [3.05, 3.63) is 65.9 Å². The Morgan fingerprint density at radius 3 is 2.77 bits per heavy atom. The normalized spacial score (nSPS) is 10.2. The topological polar surface area (TPSA) is 66.9 Å². The van der Waals surface area contributed by atoms with E-state index in [1.54, 1.807) is 18.6 Å². The number of amides is 2. The van der Waals surface area contributed by atoms with Gasteiger partial charge < -0.3 is 5.32 Å². The molecule has 2 amide bonds. The number of anilines is 1. The molecule has 0 unspecified atom stereocenters. The van der Waals surface area contributed by atoms with Crippen molar-refractivity contribution in [2.45, 2.75) is 6.54 Å². The first kappa shape index (κ1) is 14.2. The van der Waals surface area contributed by atoms with Gasteiger partial charge in [0.15, 0.2) is 0 Å². The molecule has 0 aliphatic rings. The van der Waals surface area contributed by atoms with Crippen LogP contribution in [0.15, 0.2) is 60.4 Å². The lowest BCUT2D eigenvalue weighted by Crippen LogP contribution is -2.27. The summed E-state index contributed by atoms with van der Waals surface area (Å²) in [7, 11) is 0. The summed E-state index contributed by atoms with van der Waals surface area (Å²) in [5.74, 6) is 0. The fourth-order valence-electron chi connectivity index (χ4n) is 1.95. The van der Waals surface area contributed by atoms with Crippen molar-refractivity contribution < 1.29 is 4.79 Å². The van der Waals surface area contributed by atoms with Gasteiger partial charge in [-0.15, -0.1) is 11.3 Å². The van der Waals surface area contributed by atoms with E-state index < -0.39 is 0 Å². The molecule has 110 valence electrons. The Bertz CT molecular complexity index is 744. The van der Waals surface area contributed by atoms with Gasteiger partial charge in [0.1, 0.15) is 0 Å². The van der Waals surface area contributed by atoms with Crippen LogP contribution in [0.4, 0.5) is 9.80 Å². The van der Waals surface area contributed by atoms with Crippen LogP contribution < -0.4 is 10.6 Å². The van der Waals surface area contributed by atoms with Crippen LogP contribution in [0.25, 0.3) is 11.3 Å². The van der Waals surface area contributed by atoms with Gasteiger partial charge in [-0.2, -0.15) is 0 Å². The number of aromatic nitrogens is 2. The molecule has 0 radical (unpaired) electrons. The van der Waals surface area contributed by atoms with E-state index in [0.29, 0.717) is 6.54 Å². The first-order valence-electron chi connectivity index (χ1n) is 6.75. The first-order valence-corrected chi connectivity index (χ1v) is 7.63. The predicted octanol–water partition coefficient (Wildman–Crippen LogP) is 3.53. The summed E-state index contributed by atoms with van der Waals surface area (Å²) in [6, 6.07) is 11.2. The first-order chi connectivity index (χ1) is 10.8. The summed E-state index contributed by atoms with van der Waals surface area (Å²) >= 11 is 1.48. The number of nitrogens with zero attached hydrogens (tertiary/aromatic N) is 2. The summed E-state index contributed by atoms with van der Waals surface area (Å²) in [4.78, 5) is 20.1. The standard InChI is InChI=1S/C16H14N4OS/c21-16(20-15-2-1-9-22-15)19-11-12-3-8-18-14(10-12)13-4-6-17-7-5-13/h1-10H,11H2,(H2,19,20,21). The number of thiophene rings is 1. The average molecular weight is 310 g/mol. The zero-order valence-electron chi connectivity index (χ0n) is 11.7. The number of hydrogen-bond donors (Lipinski definition) is 2. The maximum absolute atomic E-state index is 11.8. The Kier molecular flexibility index (Phi) is 4.41. The number of carbonyl (C=O) groups is 1. The largest absolute Gasteiger partial charge is 0.334 e. The van der Waals surface area contributed by atoms with E-state index in [-0.39, 0.29) is 6.03 Å². The van der Waals surface area contributed by atoms with Crippen LogP contribution in [0.1, 0.15) is 5.56 Å². The highest BCUT2D eigenvalue weighted by Crippen LogP contribution is 2.17. The fourth-order valence-corrected chi connectivity index (χ4v) is 2.57. The lowest BCUT2D eigenvalue weighted by atomic mass is 10.1. The van der Waals surface area contributed by atoms with E-state index in [4.69, 9.17) is 0 Å². The van der Waals surface area contributed by atoms with Crippen molar-refractivity contribution in [1.82, 2.24) is 15.3 Å². The summed E-state index contributed by atoms with van der Waals surface area (Å²) in [5, 5.41) is 8.36. The third-order valence-electron chi connectivity index (χ3n) is 3.01. The molecule has 0 fully saturated rings. The molecule has 22 heavy (non-hydrogen) atoms. The summed E-state index contributed by atoms with van der Waals surface area (Å²) in [5.41, 5.74) is 2.85. The summed E-state index contributed by atoms with van der Waals surface area (Å²) in [6.45, 7) is 0.442. The van der Waals surface area contributed by atoms with Crippen LogP contribution in [0.3, 0.4) is 0 Å². The van der Waals surface area contributed by atoms with Crippen molar-refractivity contribution in [2.24, 2.45) is 0 Å². The highest BCUT2D eigenvalue weighted by atomic mass is 32.1. The molecule has 3 heterocycles. The second-order valence-corrected chi connectivity index (χ2v) is 5.52. The van der Waals surface area contributed by atoms with E-state index in [2.05, 4.69) is 20.6 Å². The fraction of sp³-hybridized carbons (Fsp3) is 0.0625. The van der Waals surface area contributed by atoms with E-state index in [9.17, 15) is 4.79 Å². The molecule has 3 aromatic rings. The quantitative estimate of drug-likeness (QED) is 0.774. The van der Waals surface area contributed by atoms with Crippen molar-refractivity contribution in [2.75, 3.05) is 5.32 Å². The highest BCUT2D eigenvalue weighted by molar-refractivity contribution is 7.14. The van der Waals surface area contributed by atoms with Gasteiger partial charge in [-0.1, -0.05) is 0 Å². The predicted molar refractivity (Wildman–Crippen MR) is 87.6 cm³/mol. The maximum atomic E-state index is 11.8. The molecule has 0 bridgehead atoms. The number of hydrogen-bond acceptors (Lipinski definition) is 4. The number of nitrogens with one attached hydrogen (secondary N) is 2. The Balaban J connectivity index is 1.62. The van der Waals surface area contributed by atoms with Crippen LogP contribution in [0.2, 0.25) is 0 Å². The Morgan fingerprint density at radius 1 is 1.14 bits per heavy atom. The Labute approximate surface area is 132 Å². The Morgan fingerprint density at radius 2 is 2.00 bits per heavy atom. The third kappa shape index (κ3) is 3.67. The number of pyridine rings is 2. The molecule has 0 spiro atoms. The van der Waals surface area contributed by atoms with Gasteiger partial charge in [-0.3, -0.25) is 15.3 Å². The van der Waals surface area contributed by atoms with Crippen molar-refractivity contribution >= 4 is 22.4 Å². The molecule has 0 saturated heterocycles. The van der Waals surface area contributed by atoms with Gasteiger partial charge in [0.05, 0.1) is 10.7 Å². The van der Waals surface area contributed by atoms with Gasteiger partial charge in [0.2, 0.25) is 0 Å². The molecule has 0 aliphatic heterocycles. The number of carbonyl (C=O) groups excluding carboxylic acids is 1. The number of urea groups is 1. The molecule has 5 nitrogen and oxygen atoms in total. The van der Waals surface area contributed by atoms with Crippen LogP contribution in [0, 0.1) is 0 Å². The second kappa shape index (κ2) is 6.82. The zero-order chi connectivity index (χ0) is 15.2. The maximum Gasteiger partial charge on any atom is 0.320 e. The SMILES string of the molecule is O=C(NCc1ccnc(-c2ccncc2)c1)Nc1cccs1. The molecular weight excluding hydrogens is 296 g/mol. The van der Waals surface area contributed by atoms with Crippen LogP contribution in [-0.4, -0.2) is 16.0 Å². The molecule has 0 atom stereocenters. The molecule has 0 saturated carbocycles. The summed E-state index contributed by atoms with van der Waals surface area (Å²) in [6.07, 6.45) is 5.21. The summed E-state index contributed by atoms with van der Waals surface area (Å²) < 4.78 is 0. The molecule has 6 heteroatoms. The van der Waals surface area contributed by atoms with Gasteiger partial charge in [0, 0.05) is 30.7 Å². The molecular formula is C16H14N4OS. The van der Waals surface area contributed by atoms with Crippen LogP contribution in [-0.2, 0) is 6.54 Å². The van der Waals surface area contributed by atoms with Crippen LogP contribution in [0.5, 0.6) is 0 Å². The lowest BCUT2D eigenvalue weighted by Gasteiger charge is -2.07. The van der Waals surface area contributed by atoms with Crippen molar-refractivity contribution in [3.63, 3.8) is 0 Å². The lowest BCUT2D eigenvalue weighted by molar-refractivity contribution is 0.252. The van der Waals surface area contributed by atoms with Crippen molar-refractivity contribution in [3.8, 4) is 11.3 Å². The van der Waals surface area contributed by atoms with E-state index in [0.717, 1.165) is 21.8 Å². The van der Waals surface area contributed by atoms with Gasteiger partial charge >= 0.3 is 6.03 Å². The minimum absolute atomic E-state index is 0.218. The van der Waals surface area contributed by atoms with Gasteiger partial charge in [-0.05, 0) is 47.3 Å². The van der Waals surface area contributed by atoms with Crippen LogP contribution >= 0.6 is 11.3 Å². The van der Waals surface area contributed by atoms with Gasteiger partial charge in [0.25, 0.3) is 0 Å². The zero-order valence-corrected chi connectivity index (χ0v) is 12.5. The highest BCUT2D eigenvalue weighted by Gasteiger charge is 2.04. The molecule has 2 N–H and O–H groups in total. The Hall–Kier alpha value is -2.73. The van der Waals surface area contributed by atoms with Crippen molar-refractivity contribution in [1.29, 1.82) is 0 Å². The average Bonchev–Trinajstić information content (AvgIpc) is 3.07. The molecule has 3 aromatic heterocycles. The van der Waals surface area contributed by atoms with E-state index in [1.807, 2.05) is 41.8 Å². The molecule has 0 aromatic carbocycles. The monoisotopic (exact) mass is 310 g/mol. The minimum Gasteiger partial charge on any atom is -0.334 e. The molecule has 0 aliphatic carbocycles. The minimum atomic E-state index is -0.218. The van der Waals surface area contributed by atoms with E-state index >= 15 is 0 Å².